The third kappa shape index (κ3) is 5.18. The Morgan fingerprint density at radius 1 is 1.19 bits per heavy atom. The van der Waals surface area contributed by atoms with Gasteiger partial charge in [0.2, 0.25) is 5.91 Å². The molecule has 3 heterocycles. The molecule has 10 nitrogen and oxygen atoms in total. The van der Waals surface area contributed by atoms with Crippen molar-refractivity contribution in [3.05, 3.63) is 71.0 Å². The van der Waals surface area contributed by atoms with Crippen LogP contribution in [0.1, 0.15) is 41.6 Å². The fraction of sp³-hybridized carbons (Fsp3) is 0.370. The van der Waals surface area contributed by atoms with Crippen molar-refractivity contribution < 1.29 is 14.4 Å². The van der Waals surface area contributed by atoms with Crippen molar-refractivity contribution in [3.8, 4) is 0 Å². The van der Waals surface area contributed by atoms with Crippen molar-refractivity contribution in [2.24, 2.45) is 13.0 Å². The lowest BCUT2D eigenvalue weighted by molar-refractivity contribution is -0.156. The Kier molecular flexibility index (Phi) is 7.28. The number of carbonyl (C=O) groups excluding carboxylic acids is 3. The Balaban J connectivity index is 1.61. The van der Waals surface area contributed by atoms with Gasteiger partial charge in [0.15, 0.2) is 5.82 Å². The lowest BCUT2D eigenvalue weighted by Crippen LogP contribution is -2.70. The molecule has 0 unspecified atom stereocenters. The number of nitrogen functional groups attached to an aromatic ring is 1. The fourth-order valence-electron chi connectivity index (χ4n) is 4.78. The van der Waals surface area contributed by atoms with Gasteiger partial charge in [0.1, 0.15) is 11.9 Å². The molecule has 0 aliphatic carbocycles. The summed E-state index contributed by atoms with van der Waals surface area (Å²) in [5.41, 5.74) is 9.70. The molecule has 194 valence electrons. The van der Waals surface area contributed by atoms with Gasteiger partial charge in [-0.05, 0) is 55.5 Å². The number of benzene rings is 1. The van der Waals surface area contributed by atoms with E-state index in [1.54, 1.807) is 49.4 Å². The highest BCUT2D eigenvalue weighted by atomic mass is 16.2. The Bertz CT molecular complexity index is 1340. The second-order valence-corrected chi connectivity index (χ2v) is 9.57. The molecule has 4 rings (SSSR count). The molecule has 1 fully saturated rings. The number of imide groups is 1. The number of aryl methyl sites for hydroxylation is 3. The highest BCUT2D eigenvalue weighted by Crippen LogP contribution is 2.33. The van der Waals surface area contributed by atoms with Gasteiger partial charge in [-0.3, -0.25) is 24.1 Å². The number of hydrogen-bond donors (Lipinski definition) is 2. The maximum Gasteiger partial charge on any atom is 0.325 e. The largest absolute Gasteiger partial charge is 0.384 e. The minimum Gasteiger partial charge on any atom is -0.384 e. The standard InChI is InChI=1S/C27H33N7O3/c1-6-21(19-13-16(2)7-8-17(19)3)30-27(37)34-24(26(36)33(5)23-10-12-32(4)31-23)20(25(34)35)14-18-9-11-29-22(28)15-18/h7-13,15,20-21,24H,6,14H2,1-5H3,(H2,28,29)(H,30,37)/t20-,21-,24+/m1/s1. The average molecular weight is 504 g/mol. The van der Waals surface area contributed by atoms with Gasteiger partial charge in [-0.15, -0.1) is 0 Å². The number of anilines is 2. The number of urea groups is 1. The Morgan fingerprint density at radius 3 is 2.59 bits per heavy atom. The van der Waals surface area contributed by atoms with E-state index in [1.165, 1.54) is 4.90 Å². The van der Waals surface area contributed by atoms with E-state index >= 15 is 0 Å². The van der Waals surface area contributed by atoms with Crippen LogP contribution in [0.2, 0.25) is 0 Å². The molecule has 1 saturated heterocycles. The van der Waals surface area contributed by atoms with Crippen LogP contribution < -0.4 is 16.0 Å². The van der Waals surface area contributed by atoms with Crippen molar-refractivity contribution in [1.29, 1.82) is 0 Å². The molecule has 0 spiro atoms. The molecule has 10 heteroatoms. The van der Waals surface area contributed by atoms with Crippen LogP contribution in [0.25, 0.3) is 0 Å². The maximum absolute atomic E-state index is 13.7. The quantitative estimate of drug-likeness (QED) is 0.478. The third-order valence-electron chi connectivity index (χ3n) is 6.88. The number of likely N-dealkylation sites (N-methyl/N-ethyl adjacent to an activating group) is 1. The molecule has 0 bridgehead atoms. The van der Waals surface area contributed by atoms with E-state index in [9.17, 15) is 14.4 Å². The highest BCUT2D eigenvalue weighted by molar-refractivity contribution is 6.12. The summed E-state index contributed by atoms with van der Waals surface area (Å²) in [7, 11) is 3.35. The molecule has 2 aromatic heterocycles. The molecule has 37 heavy (non-hydrogen) atoms. The summed E-state index contributed by atoms with van der Waals surface area (Å²) in [6.45, 7) is 5.96. The second kappa shape index (κ2) is 10.4. The summed E-state index contributed by atoms with van der Waals surface area (Å²) in [5.74, 6) is -0.753. The average Bonchev–Trinajstić information content (AvgIpc) is 3.31. The van der Waals surface area contributed by atoms with Gasteiger partial charge in [-0.2, -0.15) is 5.10 Å². The molecule has 3 aromatic rings. The van der Waals surface area contributed by atoms with Crippen LogP contribution in [-0.2, 0) is 23.1 Å². The van der Waals surface area contributed by atoms with E-state index < -0.39 is 23.9 Å². The van der Waals surface area contributed by atoms with E-state index in [4.69, 9.17) is 5.73 Å². The number of hydrogen-bond acceptors (Lipinski definition) is 6. The summed E-state index contributed by atoms with van der Waals surface area (Å²) in [6.07, 6.45) is 4.17. The zero-order chi connectivity index (χ0) is 26.9. The number of aromatic nitrogens is 3. The zero-order valence-corrected chi connectivity index (χ0v) is 21.8. The van der Waals surface area contributed by atoms with Gasteiger partial charge in [-0.25, -0.2) is 9.78 Å². The highest BCUT2D eigenvalue weighted by Gasteiger charge is 2.55. The van der Waals surface area contributed by atoms with E-state index in [2.05, 4.69) is 15.4 Å². The first-order valence-corrected chi connectivity index (χ1v) is 12.3. The summed E-state index contributed by atoms with van der Waals surface area (Å²) in [4.78, 5) is 46.9. The smallest absolute Gasteiger partial charge is 0.325 e. The van der Waals surface area contributed by atoms with Crippen LogP contribution in [0.4, 0.5) is 16.4 Å². The topological polar surface area (TPSA) is 126 Å². The molecule has 3 N–H and O–H groups in total. The van der Waals surface area contributed by atoms with Crippen LogP contribution in [0.5, 0.6) is 0 Å². The van der Waals surface area contributed by atoms with E-state index in [0.717, 1.165) is 27.2 Å². The number of carbonyl (C=O) groups is 3. The zero-order valence-electron chi connectivity index (χ0n) is 21.8. The van der Waals surface area contributed by atoms with Gasteiger partial charge >= 0.3 is 6.03 Å². The van der Waals surface area contributed by atoms with Gasteiger partial charge in [0.25, 0.3) is 5.91 Å². The van der Waals surface area contributed by atoms with Crippen molar-refractivity contribution in [2.75, 3.05) is 17.7 Å². The minimum atomic E-state index is -0.981. The predicted molar refractivity (Wildman–Crippen MR) is 141 cm³/mol. The number of rotatable bonds is 7. The molecule has 0 saturated carbocycles. The summed E-state index contributed by atoms with van der Waals surface area (Å²) >= 11 is 0. The number of nitrogens with one attached hydrogen (secondary N) is 1. The monoisotopic (exact) mass is 503 g/mol. The van der Waals surface area contributed by atoms with E-state index in [1.807, 2.05) is 39.0 Å². The van der Waals surface area contributed by atoms with Gasteiger partial charge in [0.05, 0.1) is 12.0 Å². The third-order valence-corrected chi connectivity index (χ3v) is 6.88. The van der Waals surface area contributed by atoms with Crippen molar-refractivity contribution in [1.82, 2.24) is 25.0 Å². The Labute approximate surface area is 216 Å². The molecule has 1 aromatic carbocycles. The normalized spacial score (nSPS) is 17.8. The summed E-state index contributed by atoms with van der Waals surface area (Å²) in [5, 5.41) is 7.28. The van der Waals surface area contributed by atoms with Crippen LogP contribution in [0.15, 0.2) is 48.8 Å². The molecule has 0 radical (unpaired) electrons. The number of nitrogens with two attached hydrogens (primary N) is 1. The fourth-order valence-corrected chi connectivity index (χ4v) is 4.78. The Morgan fingerprint density at radius 2 is 1.95 bits per heavy atom. The number of likely N-dealkylation sites (tertiary alicyclic amines) is 1. The van der Waals surface area contributed by atoms with Gasteiger partial charge in [-0.1, -0.05) is 30.7 Å². The van der Waals surface area contributed by atoms with Crippen LogP contribution >= 0.6 is 0 Å². The first-order chi connectivity index (χ1) is 17.6. The second-order valence-electron chi connectivity index (χ2n) is 9.57. The molecule has 4 amide bonds. The lowest BCUT2D eigenvalue weighted by atomic mass is 9.81. The minimum absolute atomic E-state index is 0.260. The number of pyridine rings is 1. The maximum atomic E-state index is 13.7. The van der Waals surface area contributed by atoms with Crippen molar-refractivity contribution >= 4 is 29.5 Å². The lowest BCUT2D eigenvalue weighted by Gasteiger charge is -2.45. The Hall–Kier alpha value is -4.21. The molecular weight excluding hydrogens is 470 g/mol. The molecular formula is C27H33N7O3. The number of amides is 4. The van der Waals surface area contributed by atoms with Gasteiger partial charge < -0.3 is 11.1 Å². The van der Waals surface area contributed by atoms with E-state index in [-0.39, 0.29) is 18.4 Å². The van der Waals surface area contributed by atoms with Gasteiger partial charge in [0, 0.05) is 32.6 Å². The first-order valence-electron chi connectivity index (χ1n) is 12.3. The van der Waals surface area contributed by atoms with Crippen LogP contribution in [0, 0.1) is 19.8 Å². The number of nitrogens with zero attached hydrogens (tertiary/aromatic N) is 5. The van der Waals surface area contributed by atoms with Crippen molar-refractivity contribution in [2.45, 2.75) is 45.7 Å². The van der Waals surface area contributed by atoms with Crippen LogP contribution in [0.3, 0.4) is 0 Å². The number of β-lactam (4-membered cyclic amide) rings is 1. The molecule has 1 aliphatic heterocycles. The van der Waals surface area contributed by atoms with Crippen LogP contribution in [-0.4, -0.2) is 50.6 Å². The predicted octanol–water partition coefficient (Wildman–Crippen LogP) is 2.91. The SMILES string of the molecule is CC[C@@H](NC(=O)N1C(=O)[C@H](Cc2ccnc(N)c2)[C@H]1C(=O)N(C)c1ccn(C)n1)c1cc(C)ccc1C. The van der Waals surface area contributed by atoms with Crippen molar-refractivity contribution in [3.63, 3.8) is 0 Å². The van der Waals surface area contributed by atoms with E-state index in [0.29, 0.717) is 18.1 Å². The summed E-state index contributed by atoms with van der Waals surface area (Å²) in [6, 6.07) is 9.33. The molecule has 3 atom stereocenters. The molecule has 1 aliphatic rings. The first kappa shape index (κ1) is 25.9. The summed E-state index contributed by atoms with van der Waals surface area (Å²) < 4.78 is 1.59.